The highest BCUT2D eigenvalue weighted by Gasteiger charge is 2.26. The fourth-order valence-electron chi connectivity index (χ4n) is 4.28. The topological polar surface area (TPSA) is 80.1 Å². The number of carbonyl (C=O) groups excluding carboxylic acids is 2. The molecular weight excluding hydrogens is 421 g/mol. The lowest BCUT2D eigenvalue weighted by Crippen LogP contribution is -2.38. The molecule has 0 spiro atoms. The van der Waals surface area contributed by atoms with Gasteiger partial charge in [0, 0.05) is 61.4 Å². The van der Waals surface area contributed by atoms with Gasteiger partial charge in [-0.15, -0.1) is 0 Å². The van der Waals surface area contributed by atoms with E-state index in [4.69, 9.17) is 0 Å². The number of pyridine rings is 1. The van der Waals surface area contributed by atoms with Crippen molar-refractivity contribution in [2.75, 3.05) is 18.4 Å². The molecule has 0 radical (unpaired) electrons. The van der Waals surface area contributed by atoms with Gasteiger partial charge in [0.1, 0.15) is 11.6 Å². The van der Waals surface area contributed by atoms with E-state index in [1.807, 2.05) is 35.6 Å². The molecule has 1 fully saturated rings. The Kier molecular flexibility index (Phi) is 6.82. The second-order valence-electron chi connectivity index (χ2n) is 8.52. The molecule has 1 N–H and O–H groups in total. The number of aromatic nitrogens is 3. The molecule has 1 saturated heterocycles. The highest BCUT2D eigenvalue weighted by molar-refractivity contribution is 6.04. The van der Waals surface area contributed by atoms with Gasteiger partial charge in [-0.3, -0.25) is 14.6 Å². The zero-order valence-corrected chi connectivity index (χ0v) is 18.9. The highest BCUT2D eigenvalue weighted by atomic mass is 19.1. The van der Waals surface area contributed by atoms with Crippen molar-refractivity contribution >= 4 is 17.5 Å². The first-order valence-electron chi connectivity index (χ1n) is 11.2. The summed E-state index contributed by atoms with van der Waals surface area (Å²) in [5.41, 5.74) is 1.90. The number of piperidine rings is 1. The van der Waals surface area contributed by atoms with Crippen LogP contribution in [0, 0.1) is 12.7 Å². The lowest BCUT2D eigenvalue weighted by Gasteiger charge is -2.32. The number of halogens is 1. The normalized spacial score (nSPS) is 15.3. The number of nitrogens with zero attached hydrogens (tertiary/aromatic N) is 4. The second-order valence-corrected chi connectivity index (χ2v) is 8.52. The predicted octanol–water partition coefficient (Wildman–Crippen LogP) is 4.34. The number of rotatable bonds is 6. The van der Waals surface area contributed by atoms with Crippen LogP contribution in [0.1, 0.15) is 60.0 Å². The predicted molar refractivity (Wildman–Crippen MR) is 123 cm³/mol. The molecule has 0 unspecified atom stereocenters. The first-order valence-corrected chi connectivity index (χ1v) is 11.2. The molecule has 0 saturated carbocycles. The fourth-order valence-corrected chi connectivity index (χ4v) is 4.28. The Hall–Kier alpha value is -3.55. The minimum absolute atomic E-state index is 0.0768. The summed E-state index contributed by atoms with van der Waals surface area (Å²) >= 11 is 0. The summed E-state index contributed by atoms with van der Waals surface area (Å²) in [5.74, 6) is 0.694. The molecule has 2 amide bonds. The molecule has 7 nitrogen and oxygen atoms in total. The van der Waals surface area contributed by atoms with Crippen LogP contribution in [0.15, 0.2) is 55.0 Å². The first kappa shape index (κ1) is 22.6. The van der Waals surface area contributed by atoms with Crippen LogP contribution in [0.4, 0.5) is 10.1 Å². The number of aryl methyl sites for hydroxylation is 1. The number of hydrogen-bond donors (Lipinski definition) is 1. The van der Waals surface area contributed by atoms with E-state index in [1.54, 1.807) is 18.5 Å². The number of hydrogen-bond acceptors (Lipinski definition) is 4. The summed E-state index contributed by atoms with van der Waals surface area (Å²) in [6, 6.07) is 9.34. The van der Waals surface area contributed by atoms with Gasteiger partial charge in [-0.1, -0.05) is 0 Å². The smallest absolute Gasteiger partial charge is 0.257 e. The van der Waals surface area contributed by atoms with Gasteiger partial charge in [0.25, 0.3) is 5.91 Å². The summed E-state index contributed by atoms with van der Waals surface area (Å²) in [4.78, 5) is 35.8. The fraction of sp³-hybridized carbons (Fsp3) is 0.360. The van der Waals surface area contributed by atoms with Gasteiger partial charge in [-0.2, -0.15) is 0 Å². The van der Waals surface area contributed by atoms with Crippen molar-refractivity contribution in [1.82, 2.24) is 19.4 Å². The Labute approximate surface area is 192 Å². The summed E-state index contributed by atoms with van der Waals surface area (Å²) in [6.45, 7) is 5.38. The molecule has 4 rings (SSSR count). The molecule has 8 heteroatoms. The third kappa shape index (κ3) is 5.45. The van der Waals surface area contributed by atoms with Gasteiger partial charge < -0.3 is 14.8 Å². The SMILES string of the molecule is Cc1nccn1[C@H](C)CC(=O)N1CCC(c2ccc(C(=O)Nc3ccc(F)cc3)cn2)CC1. The molecule has 2 aromatic heterocycles. The average Bonchev–Trinajstić information content (AvgIpc) is 3.26. The lowest BCUT2D eigenvalue weighted by atomic mass is 9.92. The first-order chi connectivity index (χ1) is 15.9. The van der Waals surface area contributed by atoms with Gasteiger partial charge in [0.05, 0.1) is 5.56 Å². The third-order valence-electron chi connectivity index (χ3n) is 6.22. The number of amides is 2. The molecule has 3 aromatic rings. The van der Waals surface area contributed by atoms with Gasteiger partial charge in [0.2, 0.25) is 5.91 Å². The number of benzene rings is 1. The van der Waals surface area contributed by atoms with E-state index in [0.717, 1.165) is 24.4 Å². The minimum atomic E-state index is -0.352. The van der Waals surface area contributed by atoms with Crippen LogP contribution >= 0.6 is 0 Å². The Balaban J connectivity index is 1.28. The van der Waals surface area contributed by atoms with Crippen LogP contribution < -0.4 is 5.32 Å². The number of nitrogens with one attached hydrogen (secondary N) is 1. The van der Waals surface area contributed by atoms with Crippen molar-refractivity contribution in [3.05, 3.63) is 77.9 Å². The van der Waals surface area contributed by atoms with Crippen molar-refractivity contribution < 1.29 is 14.0 Å². The van der Waals surface area contributed by atoms with E-state index in [-0.39, 0.29) is 29.6 Å². The summed E-state index contributed by atoms with van der Waals surface area (Å²) in [5, 5.41) is 2.74. The molecule has 0 bridgehead atoms. The van der Waals surface area contributed by atoms with Crippen LogP contribution in [0.2, 0.25) is 0 Å². The average molecular weight is 450 g/mol. The molecule has 3 heterocycles. The zero-order valence-electron chi connectivity index (χ0n) is 18.9. The van der Waals surface area contributed by atoms with E-state index >= 15 is 0 Å². The standard InChI is InChI=1S/C25H28FN5O2/c1-17(31-14-11-27-18(31)2)15-24(32)30-12-9-19(10-13-30)23-8-3-20(16-28-23)25(33)29-22-6-4-21(26)5-7-22/h3-8,11,14,16-17,19H,9-10,12-13,15H2,1-2H3,(H,29,33)/t17-/m1/s1. The van der Waals surface area contributed by atoms with Crippen molar-refractivity contribution in [3.8, 4) is 0 Å². The minimum Gasteiger partial charge on any atom is -0.343 e. The van der Waals surface area contributed by atoms with Crippen molar-refractivity contribution in [2.45, 2.75) is 45.1 Å². The van der Waals surface area contributed by atoms with Crippen LogP contribution in [-0.2, 0) is 4.79 Å². The molecule has 1 aromatic carbocycles. The van der Waals surface area contributed by atoms with Gasteiger partial charge in [-0.05, 0) is 63.1 Å². The van der Waals surface area contributed by atoms with E-state index in [9.17, 15) is 14.0 Å². The van der Waals surface area contributed by atoms with E-state index in [0.29, 0.717) is 30.8 Å². The van der Waals surface area contributed by atoms with Crippen LogP contribution in [0.25, 0.3) is 0 Å². The maximum atomic E-state index is 13.0. The Bertz CT molecular complexity index is 1100. The molecule has 33 heavy (non-hydrogen) atoms. The summed E-state index contributed by atoms with van der Waals surface area (Å²) in [6.07, 6.45) is 7.39. The maximum absolute atomic E-state index is 13.0. The monoisotopic (exact) mass is 449 g/mol. The number of likely N-dealkylation sites (tertiary alicyclic amines) is 1. The molecule has 1 aliphatic rings. The molecule has 1 atom stereocenters. The molecule has 0 aliphatic carbocycles. The molecule has 1 aliphatic heterocycles. The largest absolute Gasteiger partial charge is 0.343 e. The third-order valence-corrected chi connectivity index (χ3v) is 6.22. The summed E-state index contributed by atoms with van der Waals surface area (Å²) < 4.78 is 15.0. The van der Waals surface area contributed by atoms with Gasteiger partial charge >= 0.3 is 0 Å². The van der Waals surface area contributed by atoms with Crippen molar-refractivity contribution in [1.29, 1.82) is 0 Å². The molecule has 172 valence electrons. The van der Waals surface area contributed by atoms with Gasteiger partial charge in [0.15, 0.2) is 0 Å². The number of anilines is 1. The Morgan fingerprint density at radius 1 is 1.12 bits per heavy atom. The second kappa shape index (κ2) is 9.94. The Morgan fingerprint density at radius 3 is 2.45 bits per heavy atom. The van der Waals surface area contributed by atoms with Crippen molar-refractivity contribution in [3.63, 3.8) is 0 Å². The van der Waals surface area contributed by atoms with Gasteiger partial charge in [-0.25, -0.2) is 9.37 Å². The Morgan fingerprint density at radius 2 is 1.85 bits per heavy atom. The van der Waals surface area contributed by atoms with E-state index < -0.39 is 0 Å². The number of imidazole rings is 1. The number of carbonyl (C=O) groups is 2. The zero-order chi connectivity index (χ0) is 23.4. The quantitative estimate of drug-likeness (QED) is 0.607. The van der Waals surface area contributed by atoms with Crippen LogP contribution in [-0.4, -0.2) is 44.3 Å². The lowest BCUT2D eigenvalue weighted by molar-refractivity contribution is -0.133. The van der Waals surface area contributed by atoms with Crippen molar-refractivity contribution in [2.24, 2.45) is 0 Å². The van der Waals surface area contributed by atoms with Crippen LogP contribution in [0.5, 0.6) is 0 Å². The van der Waals surface area contributed by atoms with Crippen LogP contribution in [0.3, 0.4) is 0 Å². The van der Waals surface area contributed by atoms with E-state index in [1.165, 1.54) is 24.3 Å². The molecular formula is C25H28FN5O2. The summed E-state index contributed by atoms with van der Waals surface area (Å²) in [7, 11) is 0. The van der Waals surface area contributed by atoms with E-state index in [2.05, 4.69) is 15.3 Å². The highest BCUT2D eigenvalue weighted by Crippen LogP contribution is 2.28. The maximum Gasteiger partial charge on any atom is 0.257 e.